The van der Waals surface area contributed by atoms with Crippen LogP contribution in [0.3, 0.4) is 0 Å². The number of carbonyl (C=O) groups is 3. The minimum absolute atomic E-state index is 0.00442. The molecule has 2 aromatic rings. The molecule has 1 amide bonds. The highest BCUT2D eigenvalue weighted by Gasteiger charge is 2.28. The number of carbonyl (C=O) groups excluding carboxylic acids is 3. The number of rotatable bonds is 11. The lowest BCUT2D eigenvalue weighted by Crippen LogP contribution is -2.45. The van der Waals surface area contributed by atoms with Crippen LogP contribution >= 0.6 is 27.3 Å². The first-order valence-corrected chi connectivity index (χ1v) is 13.4. The lowest BCUT2D eigenvalue weighted by molar-refractivity contribution is -0.145. The lowest BCUT2D eigenvalue weighted by atomic mass is 10.0. The Labute approximate surface area is 206 Å². The van der Waals surface area contributed by atoms with Crippen LogP contribution in [0.25, 0.3) is 0 Å². The van der Waals surface area contributed by atoms with Crippen LogP contribution in [-0.2, 0) is 19.6 Å². The van der Waals surface area contributed by atoms with Gasteiger partial charge in [-0.1, -0.05) is 33.8 Å². The molecule has 1 aromatic carbocycles. The Bertz CT molecular complexity index is 1110. The van der Waals surface area contributed by atoms with Crippen molar-refractivity contribution in [2.75, 3.05) is 19.7 Å². The summed E-state index contributed by atoms with van der Waals surface area (Å²) >= 11 is 4.51. The predicted octanol–water partition coefficient (Wildman–Crippen LogP) is 3.72. The van der Waals surface area contributed by atoms with Gasteiger partial charge in [0.15, 0.2) is 6.61 Å². The zero-order valence-electron chi connectivity index (χ0n) is 18.8. The molecule has 1 atom stereocenters. The van der Waals surface area contributed by atoms with Crippen LogP contribution in [-0.4, -0.2) is 56.1 Å². The van der Waals surface area contributed by atoms with Gasteiger partial charge < -0.3 is 10.1 Å². The Morgan fingerprint density at radius 1 is 1.12 bits per heavy atom. The molecule has 0 aliphatic rings. The third kappa shape index (κ3) is 6.95. The summed E-state index contributed by atoms with van der Waals surface area (Å²) in [5.74, 6) is -2.03. The van der Waals surface area contributed by atoms with E-state index in [4.69, 9.17) is 4.74 Å². The van der Waals surface area contributed by atoms with Gasteiger partial charge in [-0.2, -0.15) is 4.31 Å². The third-order valence-electron chi connectivity index (χ3n) is 4.84. The van der Waals surface area contributed by atoms with Gasteiger partial charge in [0.1, 0.15) is 6.04 Å². The fourth-order valence-corrected chi connectivity index (χ4v) is 5.81. The van der Waals surface area contributed by atoms with E-state index in [0.717, 1.165) is 3.79 Å². The summed E-state index contributed by atoms with van der Waals surface area (Å²) in [6.45, 7) is 7.09. The van der Waals surface area contributed by atoms with E-state index in [1.54, 1.807) is 39.8 Å². The SMILES string of the molecule is CCN(CC)S(=O)(=O)c1cccc(C(=O)N[C@H](C(=O)OCC(=O)c2ccc(Br)s2)C(C)C)c1. The summed E-state index contributed by atoms with van der Waals surface area (Å²) < 4.78 is 32.8. The van der Waals surface area contributed by atoms with Crippen molar-refractivity contribution in [1.82, 2.24) is 9.62 Å². The predicted molar refractivity (Wildman–Crippen MR) is 130 cm³/mol. The average molecular weight is 560 g/mol. The molecule has 0 saturated heterocycles. The summed E-state index contributed by atoms with van der Waals surface area (Å²) in [5.41, 5.74) is 0.0983. The van der Waals surface area contributed by atoms with E-state index >= 15 is 0 Å². The maximum Gasteiger partial charge on any atom is 0.329 e. The van der Waals surface area contributed by atoms with E-state index in [2.05, 4.69) is 21.2 Å². The molecule has 0 saturated carbocycles. The quantitative estimate of drug-likeness (QED) is 0.332. The first kappa shape index (κ1) is 27.2. The number of benzene rings is 1. The van der Waals surface area contributed by atoms with Crippen LogP contribution in [0.2, 0.25) is 0 Å². The maximum atomic E-state index is 12.8. The fraction of sp³-hybridized carbons (Fsp3) is 0.409. The largest absolute Gasteiger partial charge is 0.456 e. The Morgan fingerprint density at radius 2 is 1.79 bits per heavy atom. The van der Waals surface area contributed by atoms with Crippen molar-refractivity contribution in [3.8, 4) is 0 Å². The van der Waals surface area contributed by atoms with Crippen molar-refractivity contribution >= 4 is 54.9 Å². The third-order valence-corrected chi connectivity index (χ3v) is 8.55. The smallest absolute Gasteiger partial charge is 0.329 e. The molecule has 0 aliphatic carbocycles. The van der Waals surface area contributed by atoms with Gasteiger partial charge in [0, 0.05) is 18.7 Å². The van der Waals surface area contributed by atoms with E-state index < -0.39 is 34.5 Å². The number of nitrogens with zero attached hydrogens (tertiary/aromatic N) is 1. The first-order chi connectivity index (χ1) is 15.5. The Hall–Kier alpha value is -2.08. The molecule has 8 nitrogen and oxygen atoms in total. The highest BCUT2D eigenvalue weighted by molar-refractivity contribution is 9.11. The number of hydrogen-bond acceptors (Lipinski definition) is 7. The molecule has 0 fully saturated rings. The Kier molecular flexibility index (Phi) is 9.77. The fourth-order valence-electron chi connectivity index (χ4n) is 2.99. The van der Waals surface area contributed by atoms with Gasteiger partial charge in [-0.15, -0.1) is 11.3 Å². The number of Topliss-reactive ketones (excluding diaryl/α,β-unsaturated/α-hetero) is 1. The van der Waals surface area contributed by atoms with Crippen molar-refractivity contribution in [1.29, 1.82) is 0 Å². The van der Waals surface area contributed by atoms with Gasteiger partial charge in [0.25, 0.3) is 5.91 Å². The zero-order chi connectivity index (χ0) is 24.8. The monoisotopic (exact) mass is 558 g/mol. The highest BCUT2D eigenvalue weighted by atomic mass is 79.9. The van der Waals surface area contributed by atoms with E-state index in [-0.39, 0.29) is 22.2 Å². The molecule has 0 unspecified atom stereocenters. The number of sulfonamides is 1. The van der Waals surface area contributed by atoms with Crippen LogP contribution in [0.15, 0.2) is 45.1 Å². The van der Waals surface area contributed by atoms with Gasteiger partial charge in [-0.05, 0) is 52.2 Å². The number of amides is 1. The average Bonchev–Trinajstić information content (AvgIpc) is 3.22. The molecule has 2 rings (SSSR count). The number of thiophene rings is 1. The number of esters is 1. The summed E-state index contributed by atoms with van der Waals surface area (Å²) in [7, 11) is -3.74. The van der Waals surface area contributed by atoms with Crippen molar-refractivity contribution in [2.45, 2.75) is 38.6 Å². The molecule has 11 heteroatoms. The van der Waals surface area contributed by atoms with E-state index in [1.807, 2.05) is 0 Å². The van der Waals surface area contributed by atoms with Crippen LogP contribution in [0.4, 0.5) is 0 Å². The van der Waals surface area contributed by atoms with Crippen LogP contribution in [0, 0.1) is 5.92 Å². The minimum atomic E-state index is -3.74. The second-order valence-electron chi connectivity index (χ2n) is 7.45. The summed E-state index contributed by atoms with van der Waals surface area (Å²) in [4.78, 5) is 38.0. The number of hydrogen-bond donors (Lipinski definition) is 1. The number of nitrogens with one attached hydrogen (secondary N) is 1. The molecule has 33 heavy (non-hydrogen) atoms. The Morgan fingerprint density at radius 3 is 2.33 bits per heavy atom. The summed E-state index contributed by atoms with van der Waals surface area (Å²) in [6.07, 6.45) is 0. The van der Waals surface area contributed by atoms with Gasteiger partial charge >= 0.3 is 5.97 Å². The summed E-state index contributed by atoms with van der Waals surface area (Å²) in [6, 6.07) is 8.00. The Balaban J connectivity index is 2.12. The second kappa shape index (κ2) is 11.9. The van der Waals surface area contributed by atoms with E-state index in [1.165, 1.54) is 39.9 Å². The topological polar surface area (TPSA) is 110 Å². The van der Waals surface area contributed by atoms with E-state index in [9.17, 15) is 22.8 Å². The van der Waals surface area contributed by atoms with Crippen molar-refractivity contribution in [2.24, 2.45) is 5.92 Å². The number of ether oxygens (including phenoxy) is 1. The molecule has 1 N–H and O–H groups in total. The minimum Gasteiger partial charge on any atom is -0.456 e. The highest BCUT2D eigenvalue weighted by Crippen LogP contribution is 2.22. The molecule has 1 aromatic heterocycles. The van der Waals surface area contributed by atoms with Gasteiger partial charge in [0.2, 0.25) is 15.8 Å². The normalized spacial score (nSPS) is 12.6. The maximum absolute atomic E-state index is 12.8. The molecule has 0 aliphatic heterocycles. The second-order valence-corrected chi connectivity index (χ2v) is 11.8. The molecule has 0 spiro atoms. The van der Waals surface area contributed by atoms with Gasteiger partial charge in [0.05, 0.1) is 13.6 Å². The van der Waals surface area contributed by atoms with Crippen LogP contribution in [0.5, 0.6) is 0 Å². The van der Waals surface area contributed by atoms with E-state index in [0.29, 0.717) is 18.0 Å². The molecule has 180 valence electrons. The lowest BCUT2D eigenvalue weighted by Gasteiger charge is -2.21. The van der Waals surface area contributed by atoms with Gasteiger partial charge in [-0.25, -0.2) is 13.2 Å². The molecule has 0 bridgehead atoms. The first-order valence-electron chi connectivity index (χ1n) is 10.4. The zero-order valence-corrected chi connectivity index (χ0v) is 22.1. The molecular formula is C22H27BrN2O6S2. The van der Waals surface area contributed by atoms with Crippen LogP contribution in [0.1, 0.15) is 47.7 Å². The molecule has 1 heterocycles. The van der Waals surface area contributed by atoms with Crippen molar-refractivity contribution in [3.63, 3.8) is 0 Å². The number of ketones is 1. The number of halogens is 1. The van der Waals surface area contributed by atoms with Gasteiger partial charge in [-0.3, -0.25) is 9.59 Å². The van der Waals surface area contributed by atoms with Crippen molar-refractivity contribution in [3.05, 3.63) is 50.6 Å². The van der Waals surface area contributed by atoms with Crippen LogP contribution < -0.4 is 5.32 Å². The molecular weight excluding hydrogens is 532 g/mol. The van der Waals surface area contributed by atoms with Crippen molar-refractivity contribution < 1.29 is 27.5 Å². The standard InChI is InChI=1S/C22H27BrN2O6S2/c1-5-25(6-2)33(29,30)16-9-7-8-15(12-16)21(27)24-20(14(3)4)22(28)31-13-17(26)18-10-11-19(23)32-18/h7-12,14,20H,5-6,13H2,1-4H3,(H,24,27)/t20-/m0/s1. The molecule has 0 radical (unpaired) electrons. The summed E-state index contributed by atoms with van der Waals surface area (Å²) in [5, 5.41) is 2.60.